The monoisotopic (exact) mass is 362 g/mol. The lowest BCUT2D eigenvalue weighted by Crippen LogP contribution is -2.48. The molecule has 2 amide bonds. The Labute approximate surface area is 155 Å². The van der Waals surface area contributed by atoms with Crippen LogP contribution in [0.5, 0.6) is 0 Å². The fourth-order valence-electron chi connectivity index (χ4n) is 4.05. The van der Waals surface area contributed by atoms with Gasteiger partial charge in [-0.15, -0.1) is 0 Å². The first-order valence-electron chi connectivity index (χ1n) is 9.64. The number of hydrogen-bond donors (Lipinski definition) is 1. The maximum absolute atomic E-state index is 12.5. The van der Waals surface area contributed by atoms with E-state index in [9.17, 15) is 9.59 Å². The molecule has 144 valence electrons. The van der Waals surface area contributed by atoms with Gasteiger partial charge < -0.3 is 19.5 Å². The largest absolute Gasteiger partial charge is 0.450 e. The molecule has 7 nitrogen and oxygen atoms in total. The lowest BCUT2D eigenvalue weighted by Gasteiger charge is -2.32. The van der Waals surface area contributed by atoms with E-state index in [-0.39, 0.29) is 18.0 Å². The minimum Gasteiger partial charge on any atom is -0.450 e. The van der Waals surface area contributed by atoms with Gasteiger partial charge in [-0.2, -0.15) is 0 Å². The fourth-order valence-corrected chi connectivity index (χ4v) is 4.05. The second kappa shape index (κ2) is 8.58. The lowest BCUT2D eigenvalue weighted by atomic mass is 10.1. The van der Waals surface area contributed by atoms with Crippen LogP contribution >= 0.6 is 0 Å². The highest BCUT2D eigenvalue weighted by Crippen LogP contribution is 2.31. The van der Waals surface area contributed by atoms with Crippen LogP contribution in [-0.4, -0.2) is 65.2 Å². The molecule has 3 rings (SSSR count). The second-order valence-electron chi connectivity index (χ2n) is 7.20. The highest BCUT2D eigenvalue weighted by Gasteiger charge is 2.30. The Morgan fingerprint density at radius 2 is 2.00 bits per heavy atom. The molecule has 0 radical (unpaired) electrons. The van der Waals surface area contributed by atoms with Crippen LogP contribution in [0.4, 0.5) is 4.79 Å². The van der Waals surface area contributed by atoms with Crippen molar-refractivity contribution >= 4 is 12.0 Å². The van der Waals surface area contributed by atoms with Gasteiger partial charge in [-0.05, 0) is 51.3 Å². The zero-order valence-electron chi connectivity index (χ0n) is 15.8. The van der Waals surface area contributed by atoms with Crippen LogP contribution in [0, 0.1) is 0 Å². The van der Waals surface area contributed by atoms with Crippen molar-refractivity contribution in [2.45, 2.75) is 44.7 Å². The number of piperidine rings is 1. The zero-order valence-corrected chi connectivity index (χ0v) is 15.8. The molecule has 0 aliphatic carbocycles. The van der Waals surface area contributed by atoms with E-state index in [1.54, 1.807) is 4.90 Å². The van der Waals surface area contributed by atoms with Crippen LogP contribution < -0.4 is 5.32 Å². The van der Waals surface area contributed by atoms with Crippen molar-refractivity contribution in [1.82, 2.24) is 19.7 Å². The predicted octanol–water partition coefficient (Wildman–Crippen LogP) is 1.90. The number of aryl methyl sites for hydroxylation is 1. The molecule has 26 heavy (non-hydrogen) atoms. The van der Waals surface area contributed by atoms with E-state index in [1.165, 1.54) is 5.69 Å². The molecule has 3 heterocycles. The molecule has 0 unspecified atom stereocenters. The van der Waals surface area contributed by atoms with Crippen molar-refractivity contribution in [1.29, 1.82) is 0 Å². The second-order valence-corrected chi connectivity index (χ2v) is 7.20. The van der Waals surface area contributed by atoms with Gasteiger partial charge in [0.25, 0.3) is 0 Å². The average Bonchev–Trinajstić information content (AvgIpc) is 3.24. The first-order chi connectivity index (χ1) is 12.6. The normalized spacial score (nSPS) is 21.8. The van der Waals surface area contributed by atoms with Crippen molar-refractivity contribution < 1.29 is 14.3 Å². The Bertz CT molecular complexity index is 622. The van der Waals surface area contributed by atoms with Gasteiger partial charge in [-0.1, -0.05) is 0 Å². The molecule has 1 aromatic rings. The molecule has 1 aromatic heterocycles. The summed E-state index contributed by atoms with van der Waals surface area (Å²) < 4.78 is 7.18. The van der Waals surface area contributed by atoms with Gasteiger partial charge >= 0.3 is 6.09 Å². The van der Waals surface area contributed by atoms with E-state index in [0.717, 1.165) is 32.2 Å². The standard InChI is InChI=1S/C19H30N4O3/c1-3-26-19(25)22-12-8-15(9-13-22)20-18(24)14-23-11-5-7-17(23)16-6-4-10-21(16)2/h4,6,10,15,17H,3,5,7-9,11-14H2,1-2H3,(H,20,24)/t17-/m1/s1. The Hall–Kier alpha value is -2.02. The molecule has 1 atom stereocenters. The molecule has 2 aliphatic heterocycles. The van der Waals surface area contributed by atoms with Crippen LogP contribution in [0.3, 0.4) is 0 Å². The van der Waals surface area contributed by atoms with Crippen LogP contribution in [-0.2, 0) is 16.6 Å². The Kier molecular flexibility index (Phi) is 6.19. The number of nitrogens with one attached hydrogen (secondary N) is 1. The molecule has 1 N–H and O–H groups in total. The van der Waals surface area contributed by atoms with E-state index in [0.29, 0.717) is 32.3 Å². The van der Waals surface area contributed by atoms with Crippen molar-refractivity contribution in [2.24, 2.45) is 7.05 Å². The molecule has 0 spiro atoms. The van der Waals surface area contributed by atoms with E-state index in [1.807, 2.05) is 6.92 Å². The van der Waals surface area contributed by atoms with Gasteiger partial charge in [-0.25, -0.2) is 4.79 Å². The summed E-state index contributed by atoms with van der Waals surface area (Å²) in [6.45, 7) is 4.89. The zero-order chi connectivity index (χ0) is 18.5. The summed E-state index contributed by atoms with van der Waals surface area (Å²) in [5, 5.41) is 3.15. The van der Waals surface area contributed by atoms with Gasteiger partial charge in [0, 0.05) is 38.1 Å². The number of amides is 2. The average molecular weight is 362 g/mol. The number of ether oxygens (including phenoxy) is 1. The summed E-state index contributed by atoms with van der Waals surface area (Å²) in [5.41, 5.74) is 1.28. The highest BCUT2D eigenvalue weighted by atomic mass is 16.6. The van der Waals surface area contributed by atoms with Gasteiger partial charge in [0.1, 0.15) is 0 Å². The minimum absolute atomic E-state index is 0.0840. The van der Waals surface area contributed by atoms with Crippen LogP contribution in [0.2, 0.25) is 0 Å². The fraction of sp³-hybridized carbons (Fsp3) is 0.684. The van der Waals surface area contributed by atoms with Crippen LogP contribution in [0.15, 0.2) is 18.3 Å². The van der Waals surface area contributed by atoms with E-state index in [2.05, 4.69) is 40.2 Å². The first kappa shape index (κ1) is 18.8. The van der Waals surface area contributed by atoms with Crippen molar-refractivity contribution in [3.05, 3.63) is 24.0 Å². The Balaban J connectivity index is 1.46. The molecule has 0 bridgehead atoms. The smallest absolute Gasteiger partial charge is 0.409 e. The molecular formula is C19H30N4O3. The number of rotatable bonds is 5. The third-order valence-corrected chi connectivity index (χ3v) is 5.42. The number of aromatic nitrogens is 1. The number of carbonyl (C=O) groups is 2. The van der Waals surface area contributed by atoms with Crippen molar-refractivity contribution in [2.75, 3.05) is 32.8 Å². The minimum atomic E-state index is -0.250. The highest BCUT2D eigenvalue weighted by molar-refractivity contribution is 5.78. The summed E-state index contributed by atoms with van der Waals surface area (Å²) in [7, 11) is 2.06. The molecule has 2 fully saturated rings. The third-order valence-electron chi connectivity index (χ3n) is 5.42. The van der Waals surface area contributed by atoms with Gasteiger partial charge in [0.05, 0.1) is 19.2 Å². The summed E-state index contributed by atoms with van der Waals surface area (Å²) in [4.78, 5) is 28.3. The number of carbonyl (C=O) groups excluding carboxylic acids is 2. The summed E-state index contributed by atoms with van der Waals surface area (Å²) in [5.74, 6) is 0.0840. The van der Waals surface area contributed by atoms with E-state index in [4.69, 9.17) is 4.74 Å². The predicted molar refractivity (Wildman–Crippen MR) is 98.7 cm³/mol. The molecule has 2 saturated heterocycles. The topological polar surface area (TPSA) is 66.8 Å². The maximum Gasteiger partial charge on any atom is 0.409 e. The molecule has 2 aliphatic rings. The van der Waals surface area contributed by atoms with Crippen LogP contribution in [0.1, 0.15) is 44.3 Å². The number of likely N-dealkylation sites (tertiary alicyclic amines) is 2. The first-order valence-corrected chi connectivity index (χ1v) is 9.64. The van der Waals surface area contributed by atoms with Gasteiger partial charge in [-0.3, -0.25) is 9.69 Å². The van der Waals surface area contributed by atoms with Crippen LogP contribution in [0.25, 0.3) is 0 Å². The molecule has 7 heteroatoms. The van der Waals surface area contributed by atoms with Gasteiger partial charge in [0.15, 0.2) is 0 Å². The SMILES string of the molecule is CCOC(=O)N1CCC(NC(=O)CN2CCC[C@@H]2c2cccn2C)CC1. The lowest BCUT2D eigenvalue weighted by molar-refractivity contribution is -0.123. The summed E-state index contributed by atoms with van der Waals surface area (Å²) >= 11 is 0. The molecular weight excluding hydrogens is 332 g/mol. The summed E-state index contributed by atoms with van der Waals surface area (Å²) in [6.07, 6.45) is 5.60. The number of nitrogens with zero attached hydrogens (tertiary/aromatic N) is 3. The molecule has 0 saturated carbocycles. The Morgan fingerprint density at radius 1 is 1.23 bits per heavy atom. The van der Waals surface area contributed by atoms with Crippen molar-refractivity contribution in [3.8, 4) is 0 Å². The van der Waals surface area contributed by atoms with Crippen molar-refractivity contribution in [3.63, 3.8) is 0 Å². The maximum atomic E-state index is 12.5. The third kappa shape index (κ3) is 4.38. The van der Waals surface area contributed by atoms with E-state index >= 15 is 0 Å². The van der Waals surface area contributed by atoms with Gasteiger partial charge in [0.2, 0.25) is 5.91 Å². The number of hydrogen-bond acceptors (Lipinski definition) is 4. The quantitative estimate of drug-likeness (QED) is 0.869. The van der Waals surface area contributed by atoms with E-state index < -0.39 is 0 Å². The molecule has 0 aromatic carbocycles. The summed E-state index contributed by atoms with van der Waals surface area (Å²) in [6, 6.07) is 4.67. The Morgan fingerprint density at radius 3 is 2.65 bits per heavy atom.